The highest BCUT2D eigenvalue weighted by Crippen LogP contribution is 2.35. The third-order valence-electron chi connectivity index (χ3n) is 3.47. The van der Waals surface area contributed by atoms with Crippen LogP contribution in [0.2, 0.25) is 0 Å². The van der Waals surface area contributed by atoms with Crippen LogP contribution in [0.4, 0.5) is 5.69 Å². The van der Waals surface area contributed by atoms with Gasteiger partial charge in [0.25, 0.3) is 5.69 Å². The third-order valence-corrected chi connectivity index (χ3v) is 3.47. The summed E-state index contributed by atoms with van der Waals surface area (Å²) in [5, 5.41) is 13.9. The van der Waals surface area contributed by atoms with Crippen molar-refractivity contribution in [2.24, 2.45) is 0 Å². The fourth-order valence-electron chi connectivity index (χ4n) is 2.22. The second-order valence-electron chi connectivity index (χ2n) is 5.05. The number of nitrogens with one attached hydrogen (secondary N) is 1. The molecule has 0 radical (unpaired) electrons. The molecule has 1 heterocycles. The van der Waals surface area contributed by atoms with Gasteiger partial charge in [-0.2, -0.15) is 0 Å². The second-order valence-corrected chi connectivity index (χ2v) is 5.05. The lowest BCUT2D eigenvalue weighted by atomic mass is 10.2. The number of nitro groups is 1. The minimum Gasteiger partial charge on any atom is -0.330 e. The average molecular weight is 272 g/mol. The first-order valence-corrected chi connectivity index (χ1v) is 6.69. The Balaban J connectivity index is 1.54. The summed E-state index contributed by atoms with van der Waals surface area (Å²) in [5.74, 6) is 0. The van der Waals surface area contributed by atoms with E-state index in [4.69, 9.17) is 0 Å². The van der Waals surface area contributed by atoms with E-state index >= 15 is 0 Å². The van der Waals surface area contributed by atoms with E-state index in [1.807, 2.05) is 12.5 Å². The van der Waals surface area contributed by atoms with E-state index in [0.717, 1.165) is 12.1 Å². The molecular formula is C14H16N4O2. The summed E-state index contributed by atoms with van der Waals surface area (Å²) < 4.78 is 2.23. The molecule has 1 fully saturated rings. The number of hydrogen-bond acceptors (Lipinski definition) is 4. The largest absolute Gasteiger partial charge is 0.330 e. The molecule has 0 unspecified atom stereocenters. The van der Waals surface area contributed by atoms with Crippen molar-refractivity contribution in [2.75, 3.05) is 0 Å². The van der Waals surface area contributed by atoms with Crippen LogP contribution in [0.1, 0.15) is 30.1 Å². The molecule has 1 N–H and O–H groups in total. The van der Waals surface area contributed by atoms with E-state index in [9.17, 15) is 10.1 Å². The van der Waals surface area contributed by atoms with Gasteiger partial charge in [0.2, 0.25) is 0 Å². The van der Waals surface area contributed by atoms with Crippen molar-refractivity contribution in [3.8, 4) is 0 Å². The Hall–Kier alpha value is -2.21. The van der Waals surface area contributed by atoms with Crippen LogP contribution >= 0.6 is 0 Å². The highest BCUT2D eigenvalue weighted by molar-refractivity contribution is 5.32. The summed E-state index contributed by atoms with van der Waals surface area (Å²) in [6.07, 6.45) is 6.26. The molecule has 6 heteroatoms. The second kappa shape index (κ2) is 5.42. The van der Waals surface area contributed by atoms with Crippen molar-refractivity contribution >= 4 is 5.69 Å². The lowest BCUT2D eigenvalue weighted by molar-refractivity contribution is -0.384. The topological polar surface area (TPSA) is 73.0 Å². The van der Waals surface area contributed by atoms with Crippen LogP contribution in [0.25, 0.3) is 0 Å². The molecule has 3 rings (SSSR count). The molecule has 2 aromatic rings. The van der Waals surface area contributed by atoms with Crippen LogP contribution in [0.15, 0.2) is 36.8 Å². The molecule has 1 aromatic heterocycles. The number of benzene rings is 1. The Morgan fingerprint density at radius 2 is 2.05 bits per heavy atom. The number of aromatic nitrogens is 2. The monoisotopic (exact) mass is 272 g/mol. The Morgan fingerprint density at radius 3 is 2.70 bits per heavy atom. The van der Waals surface area contributed by atoms with E-state index < -0.39 is 0 Å². The molecule has 1 aliphatic carbocycles. The quantitative estimate of drug-likeness (QED) is 0.647. The van der Waals surface area contributed by atoms with E-state index in [0.29, 0.717) is 12.6 Å². The van der Waals surface area contributed by atoms with E-state index in [1.54, 1.807) is 12.1 Å². The van der Waals surface area contributed by atoms with Crippen molar-refractivity contribution in [2.45, 2.75) is 32.0 Å². The van der Waals surface area contributed by atoms with E-state index in [1.165, 1.54) is 30.7 Å². The zero-order valence-electron chi connectivity index (χ0n) is 11.0. The van der Waals surface area contributed by atoms with Crippen LogP contribution < -0.4 is 5.32 Å². The summed E-state index contributed by atoms with van der Waals surface area (Å²) in [7, 11) is 0. The van der Waals surface area contributed by atoms with Gasteiger partial charge < -0.3 is 9.88 Å². The molecule has 20 heavy (non-hydrogen) atoms. The minimum absolute atomic E-state index is 0.126. The fraction of sp³-hybridized carbons (Fsp3) is 0.357. The average Bonchev–Trinajstić information content (AvgIpc) is 3.19. The molecule has 0 saturated heterocycles. The zero-order chi connectivity index (χ0) is 13.9. The maximum Gasteiger partial charge on any atom is 0.269 e. The van der Waals surface area contributed by atoms with Gasteiger partial charge in [0.15, 0.2) is 0 Å². The molecular weight excluding hydrogens is 256 g/mol. The van der Waals surface area contributed by atoms with Crippen LogP contribution in [0.3, 0.4) is 0 Å². The first-order chi connectivity index (χ1) is 9.74. The Morgan fingerprint density at radius 1 is 1.30 bits per heavy atom. The first kappa shape index (κ1) is 12.8. The van der Waals surface area contributed by atoms with Crippen LogP contribution in [-0.4, -0.2) is 14.5 Å². The van der Waals surface area contributed by atoms with E-state index in [-0.39, 0.29) is 10.6 Å². The maximum atomic E-state index is 10.6. The summed E-state index contributed by atoms with van der Waals surface area (Å²) in [4.78, 5) is 14.4. The minimum atomic E-state index is -0.384. The van der Waals surface area contributed by atoms with Crippen LogP contribution in [-0.2, 0) is 13.1 Å². The number of imidazole rings is 1. The van der Waals surface area contributed by atoms with E-state index in [2.05, 4.69) is 14.9 Å². The Kier molecular flexibility index (Phi) is 3.47. The maximum absolute atomic E-state index is 10.6. The molecule has 1 saturated carbocycles. The number of nitrogens with zero attached hydrogens (tertiary/aromatic N) is 3. The highest BCUT2D eigenvalue weighted by atomic mass is 16.6. The summed E-state index contributed by atoms with van der Waals surface area (Å²) in [5.41, 5.74) is 2.35. The normalized spacial score (nSPS) is 14.4. The van der Waals surface area contributed by atoms with Crippen molar-refractivity contribution in [1.29, 1.82) is 0 Å². The first-order valence-electron chi connectivity index (χ1n) is 6.69. The van der Waals surface area contributed by atoms with Gasteiger partial charge in [0, 0.05) is 37.5 Å². The molecule has 0 spiro atoms. The zero-order valence-corrected chi connectivity index (χ0v) is 11.0. The van der Waals surface area contributed by atoms with Crippen LogP contribution in [0.5, 0.6) is 0 Å². The highest BCUT2D eigenvalue weighted by Gasteiger charge is 2.24. The van der Waals surface area contributed by atoms with Crippen molar-refractivity contribution in [3.05, 3.63) is 58.2 Å². The number of non-ortho nitro benzene ring substituents is 1. The molecule has 1 aromatic carbocycles. The molecule has 0 bridgehead atoms. The molecule has 0 amide bonds. The predicted octanol–water partition coefficient (Wildman–Crippen LogP) is 2.42. The molecule has 1 aliphatic rings. The Bertz CT molecular complexity index is 602. The smallest absolute Gasteiger partial charge is 0.269 e. The van der Waals surface area contributed by atoms with Gasteiger partial charge in [0.05, 0.1) is 16.9 Å². The predicted molar refractivity (Wildman–Crippen MR) is 74.1 cm³/mol. The van der Waals surface area contributed by atoms with Crippen molar-refractivity contribution in [3.63, 3.8) is 0 Å². The number of hydrogen-bond donors (Lipinski definition) is 1. The molecule has 104 valence electrons. The summed E-state index contributed by atoms with van der Waals surface area (Å²) in [6.45, 7) is 1.45. The van der Waals surface area contributed by atoms with Gasteiger partial charge in [-0.05, 0) is 18.4 Å². The summed E-state index contributed by atoms with van der Waals surface area (Å²) in [6, 6.07) is 7.26. The molecule has 0 atom stereocenters. The summed E-state index contributed by atoms with van der Waals surface area (Å²) >= 11 is 0. The third kappa shape index (κ3) is 2.85. The lowest BCUT2D eigenvalue weighted by Gasteiger charge is -2.08. The van der Waals surface area contributed by atoms with Gasteiger partial charge >= 0.3 is 0 Å². The van der Waals surface area contributed by atoms with Gasteiger partial charge in [-0.15, -0.1) is 0 Å². The van der Waals surface area contributed by atoms with Gasteiger partial charge in [0.1, 0.15) is 0 Å². The standard InChI is InChI=1S/C14H16N4O2/c19-18(20)13-3-1-11(2-4-13)7-15-8-14-9-16-10-17(14)12-5-6-12/h1-4,9-10,12,15H,5-8H2. The van der Waals surface area contributed by atoms with Gasteiger partial charge in [-0.25, -0.2) is 4.98 Å². The Labute approximate surface area is 116 Å². The fourth-order valence-corrected chi connectivity index (χ4v) is 2.22. The lowest BCUT2D eigenvalue weighted by Crippen LogP contribution is -2.15. The number of nitro benzene ring substituents is 1. The molecule has 6 nitrogen and oxygen atoms in total. The van der Waals surface area contributed by atoms with Crippen molar-refractivity contribution in [1.82, 2.24) is 14.9 Å². The van der Waals surface area contributed by atoms with Gasteiger partial charge in [-0.1, -0.05) is 12.1 Å². The van der Waals surface area contributed by atoms with Gasteiger partial charge in [-0.3, -0.25) is 10.1 Å². The van der Waals surface area contributed by atoms with Crippen LogP contribution in [0, 0.1) is 10.1 Å². The SMILES string of the molecule is O=[N+]([O-])c1ccc(CNCc2cncn2C2CC2)cc1. The van der Waals surface area contributed by atoms with Crippen molar-refractivity contribution < 1.29 is 4.92 Å². The molecule has 0 aliphatic heterocycles. The number of rotatable bonds is 6.